The van der Waals surface area contributed by atoms with Gasteiger partial charge in [-0.2, -0.15) is 0 Å². The average molecular weight is 292 g/mol. The highest BCUT2D eigenvalue weighted by molar-refractivity contribution is 5.78. The lowest BCUT2D eigenvalue weighted by atomic mass is 9.84. The Morgan fingerprint density at radius 3 is 2.57 bits per heavy atom. The number of carbonyl (C=O) groups excluding carboxylic acids is 1. The summed E-state index contributed by atoms with van der Waals surface area (Å²) in [5, 5.41) is 23.4. The Labute approximate surface area is 123 Å². The fourth-order valence-corrected chi connectivity index (χ4v) is 2.82. The van der Waals surface area contributed by atoms with Gasteiger partial charge in [0.25, 0.3) is 5.69 Å². The molecule has 0 amide bonds. The van der Waals surface area contributed by atoms with Crippen LogP contribution in [-0.4, -0.2) is 21.9 Å². The Kier molecular flexibility index (Phi) is 4.90. The maximum absolute atomic E-state index is 11.4. The number of ketones is 1. The van der Waals surface area contributed by atoms with Crippen molar-refractivity contribution in [3.05, 3.63) is 33.9 Å². The van der Waals surface area contributed by atoms with Gasteiger partial charge in [0.05, 0.1) is 11.5 Å². The van der Waals surface area contributed by atoms with Crippen molar-refractivity contribution in [1.82, 2.24) is 0 Å². The fourth-order valence-electron chi connectivity index (χ4n) is 2.82. The van der Waals surface area contributed by atoms with Gasteiger partial charge in [-0.15, -0.1) is 0 Å². The molecular weight excluding hydrogens is 272 g/mol. The van der Waals surface area contributed by atoms with Crippen molar-refractivity contribution in [2.45, 2.75) is 45.3 Å². The van der Waals surface area contributed by atoms with E-state index in [-0.39, 0.29) is 30.0 Å². The van der Waals surface area contributed by atoms with Crippen molar-refractivity contribution < 1.29 is 14.8 Å². The average Bonchev–Trinajstić information content (AvgIpc) is 2.47. The molecule has 0 aromatic heterocycles. The quantitative estimate of drug-likeness (QED) is 0.643. The van der Waals surface area contributed by atoms with Crippen molar-refractivity contribution in [3.63, 3.8) is 0 Å². The molecule has 2 N–H and O–H groups in total. The number of hydrogen-bond acceptors (Lipinski definition) is 5. The van der Waals surface area contributed by atoms with Crippen LogP contribution in [0, 0.1) is 16.0 Å². The van der Waals surface area contributed by atoms with Crippen LogP contribution in [-0.2, 0) is 11.4 Å². The lowest BCUT2D eigenvalue weighted by Crippen LogP contribution is -2.28. The van der Waals surface area contributed by atoms with E-state index in [4.69, 9.17) is 5.11 Å². The molecule has 1 fully saturated rings. The van der Waals surface area contributed by atoms with Crippen molar-refractivity contribution in [1.29, 1.82) is 0 Å². The Morgan fingerprint density at radius 2 is 2.05 bits per heavy atom. The molecule has 1 aromatic carbocycles. The third kappa shape index (κ3) is 3.78. The monoisotopic (exact) mass is 292 g/mol. The molecule has 6 nitrogen and oxygen atoms in total. The maximum Gasteiger partial charge on any atom is 0.292 e. The molecule has 114 valence electrons. The lowest BCUT2D eigenvalue weighted by molar-refractivity contribution is -0.384. The molecule has 0 bridgehead atoms. The minimum atomic E-state index is -0.426. The first kappa shape index (κ1) is 15.4. The first-order valence-electron chi connectivity index (χ1n) is 7.16. The molecule has 0 radical (unpaired) electrons. The molecule has 1 aliphatic rings. The SMILES string of the molecule is CC(=O)[C@H]1CC[C@@H](Nc2cc(CO)ccc2[N+](=O)[O-])CC1. The number of hydrogen-bond donors (Lipinski definition) is 2. The summed E-state index contributed by atoms with van der Waals surface area (Å²) in [7, 11) is 0. The van der Waals surface area contributed by atoms with Crippen LogP contribution in [0.2, 0.25) is 0 Å². The van der Waals surface area contributed by atoms with Gasteiger partial charge in [0.1, 0.15) is 11.5 Å². The highest BCUT2D eigenvalue weighted by atomic mass is 16.6. The predicted molar refractivity (Wildman–Crippen MR) is 79.1 cm³/mol. The molecule has 1 saturated carbocycles. The van der Waals surface area contributed by atoms with Gasteiger partial charge in [0.2, 0.25) is 0 Å². The van der Waals surface area contributed by atoms with Gasteiger partial charge >= 0.3 is 0 Å². The molecule has 0 aliphatic heterocycles. The highest BCUT2D eigenvalue weighted by Gasteiger charge is 2.25. The van der Waals surface area contributed by atoms with Gasteiger partial charge in [-0.3, -0.25) is 14.9 Å². The van der Waals surface area contributed by atoms with Gasteiger partial charge in [-0.1, -0.05) is 0 Å². The Bertz CT molecular complexity index is 536. The third-order valence-corrected chi connectivity index (χ3v) is 4.10. The summed E-state index contributed by atoms with van der Waals surface area (Å²) in [6.45, 7) is 1.47. The molecule has 0 spiro atoms. The van der Waals surface area contributed by atoms with Crippen LogP contribution in [0.3, 0.4) is 0 Å². The minimum absolute atomic E-state index is 0.0147. The maximum atomic E-state index is 11.4. The number of nitro groups is 1. The van der Waals surface area contributed by atoms with Gasteiger partial charge in [0, 0.05) is 18.0 Å². The molecular formula is C15H20N2O4. The number of aliphatic hydroxyl groups is 1. The topological polar surface area (TPSA) is 92.5 Å². The summed E-state index contributed by atoms with van der Waals surface area (Å²) in [4.78, 5) is 22.0. The van der Waals surface area contributed by atoms with Crippen molar-refractivity contribution >= 4 is 17.2 Å². The number of Topliss-reactive ketones (excluding diaryl/α,β-unsaturated/α-hetero) is 1. The number of benzene rings is 1. The smallest absolute Gasteiger partial charge is 0.292 e. The van der Waals surface area contributed by atoms with Crippen molar-refractivity contribution in [3.8, 4) is 0 Å². The summed E-state index contributed by atoms with van der Waals surface area (Å²) in [5.74, 6) is 0.350. The number of nitro benzene ring substituents is 1. The number of rotatable bonds is 5. The third-order valence-electron chi connectivity index (χ3n) is 4.10. The number of nitrogens with zero attached hydrogens (tertiary/aromatic N) is 1. The summed E-state index contributed by atoms with van der Waals surface area (Å²) in [5.41, 5.74) is 1.10. The summed E-state index contributed by atoms with van der Waals surface area (Å²) in [6.07, 6.45) is 3.29. The van der Waals surface area contributed by atoms with Crippen LogP contribution in [0.1, 0.15) is 38.2 Å². The summed E-state index contributed by atoms with van der Waals surface area (Å²) < 4.78 is 0. The molecule has 21 heavy (non-hydrogen) atoms. The Hall–Kier alpha value is -1.95. The van der Waals surface area contributed by atoms with Crippen LogP contribution in [0.5, 0.6) is 0 Å². The van der Waals surface area contributed by atoms with Crippen LogP contribution < -0.4 is 5.32 Å². The van der Waals surface area contributed by atoms with Crippen LogP contribution in [0.4, 0.5) is 11.4 Å². The van der Waals surface area contributed by atoms with E-state index in [0.717, 1.165) is 25.7 Å². The molecule has 0 unspecified atom stereocenters. The number of anilines is 1. The number of carbonyl (C=O) groups is 1. The normalized spacial score (nSPS) is 21.8. The standard InChI is InChI=1S/C15H20N2O4/c1-10(19)12-3-5-13(6-4-12)16-14-8-11(9-18)2-7-15(14)17(20)21/h2,7-8,12-13,16,18H,3-6,9H2,1H3/t12-,13+. The second-order valence-electron chi connectivity index (χ2n) is 5.57. The van der Waals surface area contributed by atoms with E-state index < -0.39 is 4.92 Å². The van der Waals surface area contributed by atoms with E-state index in [0.29, 0.717) is 11.3 Å². The molecule has 0 saturated heterocycles. The summed E-state index contributed by atoms with van der Waals surface area (Å²) >= 11 is 0. The zero-order valence-electron chi connectivity index (χ0n) is 12.0. The molecule has 1 aromatic rings. The van der Waals surface area contributed by atoms with E-state index in [1.54, 1.807) is 19.1 Å². The van der Waals surface area contributed by atoms with Crippen LogP contribution >= 0.6 is 0 Å². The van der Waals surface area contributed by atoms with Gasteiger partial charge in [0.15, 0.2) is 0 Å². The van der Waals surface area contributed by atoms with Gasteiger partial charge in [-0.25, -0.2) is 0 Å². The second-order valence-corrected chi connectivity index (χ2v) is 5.57. The predicted octanol–water partition coefficient (Wildman–Crippen LogP) is 2.65. The summed E-state index contributed by atoms with van der Waals surface area (Å²) in [6, 6.07) is 4.72. The Balaban J connectivity index is 2.09. The molecule has 2 rings (SSSR count). The van der Waals surface area contributed by atoms with Crippen LogP contribution in [0.15, 0.2) is 18.2 Å². The van der Waals surface area contributed by atoms with E-state index in [9.17, 15) is 14.9 Å². The number of aliphatic hydroxyl groups excluding tert-OH is 1. The van der Waals surface area contributed by atoms with Crippen molar-refractivity contribution in [2.24, 2.45) is 5.92 Å². The van der Waals surface area contributed by atoms with Crippen LogP contribution in [0.25, 0.3) is 0 Å². The molecule has 0 atom stereocenters. The fraction of sp³-hybridized carbons (Fsp3) is 0.533. The zero-order valence-corrected chi connectivity index (χ0v) is 12.0. The Morgan fingerprint density at radius 1 is 1.38 bits per heavy atom. The van der Waals surface area contributed by atoms with E-state index >= 15 is 0 Å². The lowest BCUT2D eigenvalue weighted by Gasteiger charge is -2.28. The zero-order chi connectivity index (χ0) is 15.4. The first-order valence-corrected chi connectivity index (χ1v) is 7.16. The molecule has 6 heteroatoms. The highest BCUT2D eigenvalue weighted by Crippen LogP contribution is 2.31. The van der Waals surface area contributed by atoms with E-state index in [1.807, 2.05) is 0 Å². The molecule has 1 aliphatic carbocycles. The van der Waals surface area contributed by atoms with E-state index in [2.05, 4.69) is 5.32 Å². The van der Waals surface area contributed by atoms with E-state index in [1.165, 1.54) is 6.07 Å². The minimum Gasteiger partial charge on any atom is -0.392 e. The first-order chi connectivity index (χ1) is 10.0. The second kappa shape index (κ2) is 6.67. The largest absolute Gasteiger partial charge is 0.392 e. The van der Waals surface area contributed by atoms with Gasteiger partial charge < -0.3 is 10.4 Å². The molecule has 0 heterocycles. The number of nitrogens with one attached hydrogen (secondary N) is 1. The van der Waals surface area contributed by atoms with Crippen molar-refractivity contribution in [2.75, 3.05) is 5.32 Å². The van der Waals surface area contributed by atoms with Gasteiger partial charge in [-0.05, 0) is 50.3 Å².